The van der Waals surface area contributed by atoms with E-state index in [1.165, 1.54) is 4.90 Å². The Morgan fingerprint density at radius 1 is 1.31 bits per heavy atom. The van der Waals surface area contributed by atoms with E-state index < -0.39 is 6.10 Å². The fraction of sp³-hybridized carbons (Fsp3) is 0.238. The number of nitrogens with one attached hydrogen (secondary N) is 1. The highest BCUT2D eigenvalue weighted by atomic mass is 16.5. The molecule has 0 aliphatic carbocycles. The summed E-state index contributed by atoms with van der Waals surface area (Å²) in [5, 5.41) is 2.73. The molecular weight excluding hydrogens is 372 g/mol. The zero-order valence-corrected chi connectivity index (χ0v) is 16.1. The number of oxazole rings is 1. The molecular formula is C21H20N4O4. The number of ether oxygens (including phenoxy) is 1. The molecule has 3 heterocycles. The van der Waals surface area contributed by atoms with Gasteiger partial charge >= 0.3 is 0 Å². The van der Waals surface area contributed by atoms with E-state index in [1.807, 2.05) is 19.1 Å². The summed E-state index contributed by atoms with van der Waals surface area (Å²) >= 11 is 0. The number of benzene rings is 1. The van der Waals surface area contributed by atoms with Gasteiger partial charge in [-0.3, -0.25) is 14.5 Å². The Morgan fingerprint density at radius 2 is 2.10 bits per heavy atom. The Labute approximate surface area is 167 Å². The van der Waals surface area contributed by atoms with E-state index in [-0.39, 0.29) is 18.4 Å². The van der Waals surface area contributed by atoms with Crippen LogP contribution in [-0.4, -0.2) is 34.4 Å². The number of nitrogens with zero attached hydrogens (tertiary/aromatic N) is 3. The summed E-state index contributed by atoms with van der Waals surface area (Å²) in [6, 6.07) is 10.7. The number of rotatable bonds is 5. The van der Waals surface area contributed by atoms with Crippen molar-refractivity contribution in [2.75, 3.05) is 16.8 Å². The Hall–Kier alpha value is -3.68. The van der Waals surface area contributed by atoms with Crippen molar-refractivity contribution >= 4 is 23.3 Å². The van der Waals surface area contributed by atoms with Crippen LogP contribution in [-0.2, 0) is 9.59 Å². The molecule has 29 heavy (non-hydrogen) atoms. The van der Waals surface area contributed by atoms with Crippen molar-refractivity contribution in [2.45, 2.75) is 26.4 Å². The van der Waals surface area contributed by atoms with Gasteiger partial charge in [-0.1, -0.05) is 6.92 Å². The molecule has 0 saturated carbocycles. The molecule has 0 fully saturated rings. The van der Waals surface area contributed by atoms with Crippen LogP contribution in [0.25, 0.3) is 11.3 Å². The minimum Gasteiger partial charge on any atom is -0.481 e. The van der Waals surface area contributed by atoms with Gasteiger partial charge in [0.25, 0.3) is 5.91 Å². The van der Waals surface area contributed by atoms with E-state index in [2.05, 4.69) is 15.3 Å². The molecule has 1 atom stereocenters. The molecule has 1 N–H and O–H groups in total. The maximum atomic E-state index is 13.1. The second-order valence-electron chi connectivity index (χ2n) is 6.64. The topological polar surface area (TPSA) is 97.6 Å². The molecule has 3 aromatic rings. The van der Waals surface area contributed by atoms with Gasteiger partial charge in [0.05, 0.1) is 5.69 Å². The number of hydrogen-bond acceptors (Lipinski definition) is 6. The quantitative estimate of drug-likeness (QED) is 0.716. The Bertz CT molecular complexity index is 1040. The first-order valence-electron chi connectivity index (χ1n) is 9.30. The molecule has 4 rings (SSSR count). The van der Waals surface area contributed by atoms with Crippen molar-refractivity contribution < 1.29 is 18.7 Å². The van der Waals surface area contributed by atoms with E-state index >= 15 is 0 Å². The standard InChI is InChI=1S/C21H20N4O4/c1-3-18(21(27)25-11-19(26)24-16-5-4-10-22-20(16)25)29-15-8-6-14(7-9-15)17-12-28-13(2)23-17/h4-10,12,18H,3,11H2,1-2H3,(H,24,26). The maximum Gasteiger partial charge on any atom is 0.269 e. The molecule has 0 saturated heterocycles. The smallest absolute Gasteiger partial charge is 0.269 e. The van der Waals surface area contributed by atoms with Crippen molar-refractivity contribution in [3.63, 3.8) is 0 Å². The molecule has 2 aromatic heterocycles. The fourth-order valence-electron chi connectivity index (χ4n) is 3.15. The van der Waals surface area contributed by atoms with Crippen LogP contribution >= 0.6 is 0 Å². The molecule has 8 heteroatoms. The highest BCUT2D eigenvalue weighted by Crippen LogP contribution is 2.28. The minimum absolute atomic E-state index is 0.0901. The van der Waals surface area contributed by atoms with Crippen molar-refractivity contribution in [2.24, 2.45) is 0 Å². The van der Waals surface area contributed by atoms with Crippen LogP contribution in [0.4, 0.5) is 11.5 Å². The van der Waals surface area contributed by atoms with Crippen molar-refractivity contribution in [1.82, 2.24) is 9.97 Å². The normalized spacial score (nSPS) is 14.1. The van der Waals surface area contributed by atoms with Gasteiger partial charge in [-0.25, -0.2) is 9.97 Å². The Balaban J connectivity index is 1.52. The third-order valence-corrected chi connectivity index (χ3v) is 4.58. The number of aromatic nitrogens is 2. The van der Waals surface area contributed by atoms with E-state index in [9.17, 15) is 9.59 Å². The monoisotopic (exact) mass is 392 g/mol. The van der Waals surface area contributed by atoms with Gasteiger partial charge in [-0.15, -0.1) is 0 Å². The molecule has 0 radical (unpaired) electrons. The lowest BCUT2D eigenvalue weighted by molar-refractivity contribution is -0.127. The van der Waals surface area contributed by atoms with Crippen LogP contribution in [0.15, 0.2) is 53.3 Å². The molecule has 148 valence electrons. The zero-order valence-electron chi connectivity index (χ0n) is 16.1. The summed E-state index contributed by atoms with van der Waals surface area (Å²) in [7, 11) is 0. The molecule has 1 aliphatic heterocycles. The number of anilines is 2. The Morgan fingerprint density at radius 3 is 2.79 bits per heavy atom. The van der Waals surface area contributed by atoms with Gasteiger partial charge in [0.1, 0.15) is 24.3 Å². The second kappa shape index (κ2) is 7.75. The van der Waals surface area contributed by atoms with Gasteiger partial charge in [-0.05, 0) is 42.8 Å². The first-order valence-corrected chi connectivity index (χ1v) is 9.30. The van der Waals surface area contributed by atoms with Crippen LogP contribution in [0.2, 0.25) is 0 Å². The predicted octanol–water partition coefficient (Wildman–Crippen LogP) is 3.19. The number of pyridine rings is 1. The third-order valence-electron chi connectivity index (χ3n) is 4.58. The van der Waals surface area contributed by atoms with E-state index in [4.69, 9.17) is 9.15 Å². The van der Waals surface area contributed by atoms with Crippen molar-refractivity contribution in [3.05, 3.63) is 54.7 Å². The van der Waals surface area contributed by atoms with Crippen LogP contribution in [0, 0.1) is 6.92 Å². The lowest BCUT2D eigenvalue weighted by atomic mass is 10.1. The zero-order chi connectivity index (χ0) is 20.4. The van der Waals surface area contributed by atoms with Gasteiger partial charge < -0.3 is 14.5 Å². The molecule has 0 bridgehead atoms. The van der Waals surface area contributed by atoms with Crippen LogP contribution in [0.5, 0.6) is 5.75 Å². The molecule has 0 spiro atoms. The SMILES string of the molecule is CCC(Oc1ccc(-c2coc(C)n2)cc1)C(=O)N1CC(=O)Nc2cccnc21. The fourth-order valence-corrected chi connectivity index (χ4v) is 3.15. The molecule has 2 amide bonds. The highest BCUT2D eigenvalue weighted by Gasteiger charge is 2.33. The molecule has 8 nitrogen and oxygen atoms in total. The summed E-state index contributed by atoms with van der Waals surface area (Å²) in [6.45, 7) is 3.55. The van der Waals surface area contributed by atoms with Crippen molar-refractivity contribution in [3.8, 4) is 17.0 Å². The Kier molecular flexibility index (Phi) is 4.99. The first-order chi connectivity index (χ1) is 14.0. The van der Waals surface area contributed by atoms with E-state index in [0.29, 0.717) is 29.6 Å². The highest BCUT2D eigenvalue weighted by molar-refractivity contribution is 6.10. The number of fused-ring (bicyclic) bond motifs is 1. The minimum atomic E-state index is -0.740. The number of amides is 2. The van der Waals surface area contributed by atoms with Gasteiger partial charge in [0.15, 0.2) is 17.8 Å². The molecule has 1 unspecified atom stereocenters. The number of carbonyl (C=O) groups excluding carboxylic acids is 2. The largest absolute Gasteiger partial charge is 0.481 e. The third kappa shape index (κ3) is 3.82. The van der Waals surface area contributed by atoms with Crippen LogP contribution < -0.4 is 15.0 Å². The second-order valence-corrected chi connectivity index (χ2v) is 6.64. The summed E-state index contributed by atoms with van der Waals surface area (Å²) in [6.07, 6.45) is 2.89. The molecule has 1 aliphatic rings. The summed E-state index contributed by atoms with van der Waals surface area (Å²) < 4.78 is 11.2. The van der Waals surface area contributed by atoms with E-state index in [1.54, 1.807) is 43.6 Å². The van der Waals surface area contributed by atoms with Crippen molar-refractivity contribution in [1.29, 1.82) is 0 Å². The van der Waals surface area contributed by atoms with Gasteiger partial charge in [0, 0.05) is 18.7 Å². The summed E-state index contributed by atoms with van der Waals surface area (Å²) in [5.74, 6) is 1.00. The number of carbonyl (C=O) groups is 2. The van der Waals surface area contributed by atoms with Crippen LogP contribution in [0.1, 0.15) is 19.2 Å². The predicted molar refractivity (Wildman–Crippen MR) is 107 cm³/mol. The van der Waals surface area contributed by atoms with Gasteiger partial charge in [-0.2, -0.15) is 0 Å². The first kappa shape index (κ1) is 18.7. The average Bonchev–Trinajstić information content (AvgIpc) is 3.17. The average molecular weight is 392 g/mol. The lowest BCUT2D eigenvalue weighted by Gasteiger charge is -2.30. The van der Waals surface area contributed by atoms with E-state index in [0.717, 1.165) is 11.3 Å². The number of aryl methyl sites for hydroxylation is 1. The summed E-state index contributed by atoms with van der Waals surface area (Å²) in [5.41, 5.74) is 2.14. The lowest BCUT2D eigenvalue weighted by Crippen LogP contribution is -2.48. The summed E-state index contributed by atoms with van der Waals surface area (Å²) in [4.78, 5) is 35.0. The number of hydrogen-bond donors (Lipinski definition) is 1. The van der Waals surface area contributed by atoms with Gasteiger partial charge in [0.2, 0.25) is 5.91 Å². The maximum absolute atomic E-state index is 13.1. The molecule has 1 aromatic carbocycles. The van der Waals surface area contributed by atoms with Crippen LogP contribution in [0.3, 0.4) is 0 Å².